The Kier molecular flexibility index (Phi) is 4.51. The molecule has 2 aromatic carbocycles. The molecule has 2 aliphatic rings. The second-order valence-corrected chi connectivity index (χ2v) is 7.41. The van der Waals surface area contributed by atoms with Crippen LogP contribution in [0.25, 0.3) is 11.1 Å². The number of esters is 1. The number of nitrogens with zero attached hydrogens (tertiary/aromatic N) is 2. The minimum absolute atomic E-state index is 0.197. The maximum absolute atomic E-state index is 12.1. The van der Waals surface area contributed by atoms with Gasteiger partial charge in [-0.25, -0.2) is 4.79 Å². The predicted molar refractivity (Wildman–Crippen MR) is 115 cm³/mol. The largest absolute Gasteiger partial charge is 0.467 e. The molecule has 0 radical (unpaired) electrons. The fraction of sp³-hybridized carbons (Fsp3) is 0.200. The van der Waals surface area contributed by atoms with Crippen molar-refractivity contribution in [2.45, 2.75) is 25.0 Å². The van der Waals surface area contributed by atoms with Gasteiger partial charge in [0.05, 0.1) is 31.8 Å². The molecule has 5 heteroatoms. The van der Waals surface area contributed by atoms with Crippen molar-refractivity contribution in [2.75, 3.05) is 6.61 Å². The first-order valence-electron chi connectivity index (χ1n) is 10.1. The lowest BCUT2D eigenvalue weighted by atomic mass is 9.81. The fourth-order valence-electron chi connectivity index (χ4n) is 4.59. The van der Waals surface area contributed by atoms with E-state index in [1.165, 1.54) is 17.2 Å². The molecule has 1 aromatic heterocycles. The van der Waals surface area contributed by atoms with Crippen LogP contribution in [0, 0.1) is 0 Å². The fourth-order valence-corrected chi connectivity index (χ4v) is 4.59. The zero-order valence-corrected chi connectivity index (χ0v) is 16.7. The summed E-state index contributed by atoms with van der Waals surface area (Å²) in [7, 11) is 0. The highest BCUT2D eigenvalue weighted by molar-refractivity contribution is 5.86. The van der Waals surface area contributed by atoms with Gasteiger partial charge in [0, 0.05) is 6.08 Å². The zero-order chi connectivity index (χ0) is 20.6. The third-order valence-electron chi connectivity index (χ3n) is 5.78. The van der Waals surface area contributed by atoms with E-state index in [9.17, 15) is 4.79 Å². The number of ether oxygens (including phenoxy) is 1. The van der Waals surface area contributed by atoms with Crippen molar-refractivity contribution in [1.29, 1.82) is 0 Å². The topological polar surface area (TPSA) is 55.0 Å². The van der Waals surface area contributed by atoms with Crippen molar-refractivity contribution >= 4 is 12.3 Å². The van der Waals surface area contributed by atoms with E-state index in [0.717, 1.165) is 16.9 Å². The highest BCUT2D eigenvalue weighted by atomic mass is 16.5. The van der Waals surface area contributed by atoms with Crippen LogP contribution in [0.3, 0.4) is 0 Å². The van der Waals surface area contributed by atoms with E-state index in [4.69, 9.17) is 14.1 Å². The van der Waals surface area contributed by atoms with Gasteiger partial charge < -0.3 is 14.1 Å². The van der Waals surface area contributed by atoms with E-state index < -0.39 is 5.54 Å². The standard InChI is InChI=1S/C25H22N2O3/c1-2-29-24(28)14-13-23-25(26-17-27(23)16-18-8-7-15-30-18)21-11-5-3-9-19(21)20-10-4-6-12-22(20)25/h3-15,17,23H,2,16H2,1H3/b14-13+. The van der Waals surface area contributed by atoms with Gasteiger partial charge in [-0.1, -0.05) is 54.6 Å². The lowest BCUT2D eigenvalue weighted by Gasteiger charge is -2.34. The smallest absolute Gasteiger partial charge is 0.330 e. The van der Waals surface area contributed by atoms with Gasteiger partial charge in [-0.05, 0) is 41.3 Å². The van der Waals surface area contributed by atoms with Crippen LogP contribution >= 0.6 is 0 Å². The van der Waals surface area contributed by atoms with E-state index in [1.807, 2.05) is 36.7 Å². The van der Waals surface area contributed by atoms with Crippen molar-refractivity contribution in [1.82, 2.24) is 4.90 Å². The maximum atomic E-state index is 12.1. The van der Waals surface area contributed by atoms with Gasteiger partial charge in [-0.2, -0.15) is 0 Å². The second kappa shape index (κ2) is 7.34. The lowest BCUT2D eigenvalue weighted by molar-refractivity contribution is -0.137. The summed E-state index contributed by atoms with van der Waals surface area (Å²) < 4.78 is 10.7. The Labute approximate surface area is 175 Å². The van der Waals surface area contributed by atoms with Gasteiger partial charge in [-0.3, -0.25) is 4.99 Å². The minimum atomic E-state index is -0.622. The van der Waals surface area contributed by atoms with E-state index in [2.05, 4.69) is 41.3 Å². The van der Waals surface area contributed by atoms with Crippen molar-refractivity contribution in [3.63, 3.8) is 0 Å². The number of benzene rings is 2. The average molecular weight is 398 g/mol. The Hall–Kier alpha value is -3.60. The molecule has 5 nitrogen and oxygen atoms in total. The average Bonchev–Trinajstić information content (AvgIpc) is 3.47. The molecule has 0 fully saturated rings. The number of hydrogen-bond donors (Lipinski definition) is 0. The Morgan fingerprint density at radius 2 is 1.80 bits per heavy atom. The molecular weight excluding hydrogens is 376 g/mol. The third-order valence-corrected chi connectivity index (χ3v) is 5.78. The van der Waals surface area contributed by atoms with Crippen molar-refractivity contribution in [3.05, 3.63) is 96.0 Å². The quantitative estimate of drug-likeness (QED) is 0.468. The molecule has 0 saturated carbocycles. The molecule has 1 unspecified atom stereocenters. The number of hydrogen-bond acceptors (Lipinski definition) is 5. The molecule has 0 N–H and O–H groups in total. The summed E-state index contributed by atoms with van der Waals surface area (Å²) in [6.07, 6.45) is 6.97. The van der Waals surface area contributed by atoms with E-state index in [0.29, 0.717) is 13.2 Å². The highest BCUT2D eigenvalue weighted by Crippen LogP contribution is 2.54. The monoisotopic (exact) mass is 398 g/mol. The Bertz CT molecular complexity index is 1090. The summed E-state index contributed by atoms with van der Waals surface area (Å²) in [5.74, 6) is 0.490. The lowest BCUT2D eigenvalue weighted by Crippen LogP contribution is -2.42. The summed E-state index contributed by atoms with van der Waals surface area (Å²) >= 11 is 0. The van der Waals surface area contributed by atoms with Crippen molar-refractivity contribution in [2.24, 2.45) is 4.99 Å². The molecule has 1 spiro atoms. The van der Waals surface area contributed by atoms with E-state index >= 15 is 0 Å². The molecule has 0 amide bonds. The first-order valence-corrected chi connectivity index (χ1v) is 10.1. The SMILES string of the molecule is CCOC(=O)/C=C/C1N(Cc2ccco2)C=NC12c1ccccc1-c1ccccc12. The number of carbonyl (C=O) groups excluding carboxylic acids is 1. The number of aliphatic imine (C=N–C) groups is 1. The molecule has 3 aromatic rings. The minimum Gasteiger partial charge on any atom is -0.467 e. The summed E-state index contributed by atoms with van der Waals surface area (Å²) in [6, 6.07) is 20.4. The first-order chi connectivity index (χ1) is 14.7. The number of furan rings is 1. The molecule has 1 aliphatic carbocycles. The molecule has 0 saturated heterocycles. The van der Waals surface area contributed by atoms with Crippen LogP contribution < -0.4 is 0 Å². The van der Waals surface area contributed by atoms with Crippen molar-refractivity contribution < 1.29 is 13.9 Å². The molecule has 2 heterocycles. The van der Waals surface area contributed by atoms with Crippen LogP contribution in [0.4, 0.5) is 0 Å². The summed E-state index contributed by atoms with van der Waals surface area (Å²) in [5, 5.41) is 0. The Morgan fingerprint density at radius 1 is 1.10 bits per heavy atom. The van der Waals surface area contributed by atoms with Gasteiger partial charge in [0.15, 0.2) is 0 Å². The van der Waals surface area contributed by atoms with E-state index in [-0.39, 0.29) is 12.0 Å². The number of rotatable bonds is 5. The van der Waals surface area contributed by atoms with Crippen LogP contribution in [-0.4, -0.2) is 29.9 Å². The first kappa shape index (κ1) is 18.4. The Morgan fingerprint density at radius 3 is 2.43 bits per heavy atom. The van der Waals surface area contributed by atoms with Crippen LogP contribution in [-0.2, 0) is 21.6 Å². The molecule has 30 heavy (non-hydrogen) atoms. The van der Waals surface area contributed by atoms with E-state index in [1.54, 1.807) is 13.2 Å². The molecule has 1 aliphatic heterocycles. The third kappa shape index (κ3) is 2.77. The highest BCUT2D eigenvalue weighted by Gasteiger charge is 2.52. The molecule has 0 bridgehead atoms. The van der Waals surface area contributed by atoms with Crippen LogP contribution in [0.1, 0.15) is 23.8 Å². The normalized spacial score (nSPS) is 18.2. The Balaban J connectivity index is 1.64. The zero-order valence-electron chi connectivity index (χ0n) is 16.7. The van der Waals surface area contributed by atoms with Gasteiger partial charge in [0.2, 0.25) is 0 Å². The van der Waals surface area contributed by atoms with Crippen LogP contribution in [0.15, 0.2) is 88.5 Å². The van der Waals surface area contributed by atoms with Crippen LogP contribution in [0.2, 0.25) is 0 Å². The molecular formula is C25H22N2O3. The predicted octanol–water partition coefficient (Wildman–Crippen LogP) is 4.54. The van der Waals surface area contributed by atoms with Gasteiger partial charge in [0.1, 0.15) is 11.3 Å². The van der Waals surface area contributed by atoms with Crippen molar-refractivity contribution in [3.8, 4) is 11.1 Å². The molecule has 5 rings (SSSR count). The number of fused-ring (bicyclic) bond motifs is 5. The van der Waals surface area contributed by atoms with Crippen LogP contribution in [0.5, 0.6) is 0 Å². The number of carbonyl (C=O) groups is 1. The van der Waals surface area contributed by atoms with Gasteiger partial charge >= 0.3 is 5.97 Å². The second-order valence-electron chi connectivity index (χ2n) is 7.41. The molecule has 150 valence electrons. The summed E-state index contributed by atoms with van der Waals surface area (Å²) in [5.41, 5.74) is 4.02. The van der Waals surface area contributed by atoms with Gasteiger partial charge in [0.25, 0.3) is 0 Å². The summed E-state index contributed by atoms with van der Waals surface area (Å²) in [4.78, 5) is 19.3. The van der Waals surface area contributed by atoms with Gasteiger partial charge in [-0.15, -0.1) is 0 Å². The summed E-state index contributed by atoms with van der Waals surface area (Å²) in [6.45, 7) is 2.70. The molecule has 1 atom stereocenters. The maximum Gasteiger partial charge on any atom is 0.330 e.